The van der Waals surface area contributed by atoms with Gasteiger partial charge in [0.1, 0.15) is 12.2 Å². The highest BCUT2D eigenvalue weighted by molar-refractivity contribution is 9.10. The molecule has 2 aliphatic heterocycles. The van der Waals surface area contributed by atoms with E-state index < -0.39 is 5.60 Å². The van der Waals surface area contributed by atoms with Gasteiger partial charge in [-0.05, 0) is 48.8 Å². The molecule has 1 atom stereocenters. The molecule has 4 rings (SSSR count). The number of amides is 1. The smallest absolute Gasteiger partial charge is 0.410 e. The van der Waals surface area contributed by atoms with Crippen molar-refractivity contribution in [2.45, 2.75) is 32.4 Å². The van der Waals surface area contributed by atoms with Crippen LogP contribution in [0.15, 0.2) is 22.8 Å². The minimum Gasteiger partial charge on any atom is -0.488 e. The zero-order valence-corrected chi connectivity index (χ0v) is 17.8. The largest absolute Gasteiger partial charge is 0.488 e. The molecule has 2 aliphatic rings. The van der Waals surface area contributed by atoms with Gasteiger partial charge in [-0.1, -0.05) is 11.6 Å². The molecule has 3 heterocycles. The van der Waals surface area contributed by atoms with Crippen molar-refractivity contribution >= 4 is 50.2 Å². The second kappa shape index (κ2) is 6.71. The number of carbonyl (C=O) groups is 1. The Kier molecular flexibility index (Phi) is 4.63. The SMILES string of the molecule is CC(C)(C)OC(=O)N1CCN2c3c(cnc4cc(Br)c(Cl)cc34)OC[C@@H]2C1. The van der Waals surface area contributed by atoms with Crippen LogP contribution in [0.5, 0.6) is 5.75 Å². The normalized spacial score (nSPS) is 19.4. The summed E-state index contributed by atoms with van der Waals surface area (Å²) in [6.07, 6.45) is 1.48. The highest BCUT2D eigenvalue weighted by atomic mass is 79.9. The molecule has 6 nitrogen and oxygen atoms in total. The van der Waals surface area contributed by atoms with E-state index >= 15 is 0 Å². The van der Waals surface area contributed by atoms with E-state index in [4.69, 9.17) is 21.1 Å². The van der Waals surface area contributed by atoms with Crippen LogP contribution in [0, 0.1) is 0 Å². The van der Waals surface area contributed by atoms with Gasteiger partial charge in [-0.25, -0.2) is 4.79 Å². The number of aromatic nitrogens is 1. The number of pyridine rings is 1. The molecule has 0 N–H and O–H groups in total. The van der Waals surface area contributed by atoms with Gasteiger partial charge in [0.2, 0.25) is 0 Å². The fourth-order valence-electron chi connectivity index (χ4n) is 3.53. The Bertz CT molecular complexity index is 915. The van der Waals surface area contributed by atoms with Crippen molar-refractivity contribution in [3.05, 3.63) is 27.8 Å². The van der Waals surface area contributed by atoms with Crippen molar-refractivity contribution in [1.29, 1.82) is 0 Å². The molecule has 0 spiro atoms. The molecule has 2 aromatic rings. The van der Waals surface area contributed by atoms with Gasteiger partial charge >= 0.3 is 6.09 Å². The third-order valence-corrected chi connectivity index (χ3v) is 5.90. The van der Waals surface area contributed by atoms with E-state index in [0.29, 0.717) is 31.3 Å². The van der Waals surface area contributed by atoms with Crippen molar-refractivity contribution in [3.63, 3.8) is 0 Å². The summed E-state index contributed by atoms with van der Waals surface area (Å²) >= 11 is 9.78. The maximum Gasteiger partial charge on any atom is 0.410 e. The van der Waals surface area contributed by atoms with Crippen LogP contribution in [0.4, 0.5) is 10.5 Å². The van der Waals surface area contributed by atoms with E-state index in [0.717, 1.165) is 26.8 Å². The number of carbonyl (C=O) groups excluding carboxylic acids is 1. The Morgan fingerprint density at radius 2 is 2.15 bits per heavy atom. The summed E-state index contributed by atoms with van der Waals surface area (Å²) in [6.45, 7) is 7.99. The number of hydrogen-bond donors (Lipinski definition) is 0. The number of piperazine rings is 1. The number of benzene rings is 1. The summed E-state index contributed by atoms with van der Waals surface area (Å²) in [5, 5.41) is 1.59. The molecule has 0 aliphatic carbocycles. The lowest BCUT2D eigenvalue weighted by molar-refractivity contribution is 0.0195. The number of anilines is 1. The van der Waals surface area contributed by atoms with Crippen molar-refractivity contribution in [2.24, 2.45) is 0 Å². The lowest BCUT2D eigenvalue weighted by atomic mass is 10.1. The van der Waals surface area contributed by atoms with Crippen LogP contribution in [-0.4, -0.2) is 53.9 Å². The summed E-state index contributed by atoms with van der Waals surface area (Å²) < 4.78 is 12.3. The van der Waals surface area contributed by atoms with E-state index in [1.165, 1.54) is 0 Å². The Labute approximate surface area is 171 Å². The summed E-state index contributed by atoms with van der Waals surface area (Å²) in [6, 6.07) is 3.89. The molecule has 1 aromatic heterocycles. The number of ether oxygens (including phenoxy) is 2. The standard InChI is InChI=1S/C19H21BrClN3O3/c1-19(2,3)27-18(25)23-4-5-24-11(9-23)10-26-16-8-22-15-7-13(20)14(21)6-12(15)17(16)24/h6-8,11H,4-5,9-10H2,1-3H3/t11-/m0/s1. The third kappa shape index (κ3) is 3.55. The first-order valence-electron chi connectivity index (χ1n) is 8.88. The van der Waals surface area contributed by atoms with E-state index in [2.05, 4.69) is 25.8 Å². The zero-order valence-electron chi connectivity index (χ0n) is 15.5. The Morgan fingerprint density at radius 1 is 1.37 bits per heavy atom. The highest BCUT2D eigenvalue weighted by Gasteiger charge is 2.37. The molecule has 144 valence electrons. The van der Waals surface area contributed by atoms with Gasteiger partial charge in [0.05, 0.1) is 28.5 Å². The van der Waals surface area contributed by atoms with Gasteiger partial charge < -0.3 is 19.3 Å². The highest BCUT2D eigenvalue weighted by Crippen LogP contribution is 2.42. The number of nitrogens with zero attached hydrogens (tertiary/aromatic N) is 3. The first-order valence-corrected chi connectivity index (χ1v) is 10.0. The summed E-state index contributed by atoms with van der Waals surface area (Å²) in [4.78, 5) is 21.0. The Morgan fingerprint density at radius 3 is 2.89 bits per heavy atom. The summed E-state index contributed by atoms with van der Waals surface area (Å²) in [5.74, 6) is 0.753. The Hall–Kier alpha value is -1.73. The monoisotopic (exact) mass is 453 g/mol. The van der Waals surface area contributed by atoms with E-state index in [9.17, 15) is 4.79 Å². The number of rotatable bonds is 0. The number of fused-ring (bicyclic) bond motifs is 5. The van der Waals surface area contributed by atoms with E-state index in [-0.39, 0.29) is 12.1 Å². The predicted molar refractivity (Wildman–Crippen MR) is 109 cm³/mol. The summed E-state index contributed by atoms with van der Waals surface area (Å²) in [7, 11) is 0. The minimum absolute atomic E-state index is 0.0618. The molecule has 1 fully saturated rings. The molecule has 1 aromatic carbocycles. The molecule has 1 amide bonds. The second-order valence-corrected chi connectivity index (χ2v) is 9.10. The molecule has 1 saturated heterocycles. The van der Waals surface area contributed by atoms with Crippen LogP contribution in [-0.2, 0) is 4.74 Å². The van der Waals surface area contributed by atoms with Gasteiger partial charge in [-0.3, -0.25) is 4.98 Å². The van der Waals surface area contributed by atoms with E-state index in [1.54, 1.807) is 11.1 Å². The molecule has 0 radical (unpaired) electrons. The van der Waals surface area contributed by atoms with Gasteiger partial charge in [-0.15, -0.1) is 0 Å². The van der Waals surface area contributed by atoms with Gasteiger partial charge in [0, 0.05) is 29.5 Å². The maximum absolute atomic E-state index is 12.4. The second-order valence-electron chi connectivity index (χ2n) is 7.84. The van der Waals surface area contributed by atoms with Crippen LogP contribution < -0.4 is 9.64 Å². The fourth-order valence-corrected chi connectivity index (χ4v) is 4.02. The molecular weight excluding hydrogens is 434 g/mol. The van der Waals surface area contributed by atoms with Gasteiger partial charge in [-0.2, -0.15) is 0 Å². The molecular formula is C19H21BrClN3O3. The van der Waals surface area contributed by atoms with Crippen LogP contribution in [0.25, 0.3) is 10.9 Å². The van der Waals surface area contributed by atoms with Crippen LogP contribution >= 0.6 is 27.5 Å². The molecule has 0 bridgehead atoms. The average molecular weight is 455 g/mol. The first kappa shape index (κ1) is 18.6. The zero-order chi connectivity index (χ0) is 19.3. The molecule has 27 heavy (non-hydrogen) atoms. The first-order chi connectivity index (χ1) is 12.7. The quantitative estimate of drug-likeness (QED) is 0.588. The summed E-state index contributed by atoms with van der Waals surface area (Å²) in [5.41, 5.74) is 1.34. The van der Waals surface area contributed by atoms with Crippen molar-refractivity contribution < 1.29 is 14.3 Å². The third-order valence-electron chi connectivity index (χ3n) is 4.70. The number of halogens is 2. The fraction of sp³-hybridized carbons (Fsp3) is 0.474. The lowest BCUT2D eigenvalue weighted by Gasteiger charge is -2.45. The van der Waals surface area contributed by atoms with Crippen LogP contribution in [0.2, 0.25) is 5.02 Å². The van der Waals surface area contributed by atoms with Crippen molar-refractivity contribution in [3.8, 4) is 5.75 Å². The molecule has 8 heteroatoms. The lowest BCUT2D eigenvalue weighted by Crippen LogP contribution is -2.59. The minimum atomic E-state index is -0.504. The Balaban J connectivity index is 1.64. The van der Waals surface area contributed by atoms with Gasteiger partial charge in [0.15, 0.2) is 5.75 Å². The van der Waals surface area contributed by atoms with Crippen LogP contribution in [0.3, 0.4) is 0 Å². The molecule has 0 saturated carbocycles. The van der Waals surface area contributed by atoms with Gasteiger partial charge in [0.25, 0.3) is 0 Å². The van der Waals surface area contributed by atoms with Crippen molar-refractivity contribution in [1.82, 2.24) is 9.88 Å². The predicted octanol–water partition coefficient (Wildman–Crippen LogP) is 4.47. The number of hydrogen-bond acceptors (Lipinski definition) is 5. The van der Waals surface area contributed by atoms with Crippen molar-refractivity contribution in [2.75, 3.05) is 31.1 Å². The maximum atomic E-state index is 12.4. The topological polar surface area (TPSA) is 54.9 Å². The van der Waals surface area contributed by atoms with Crippen LogP contribution in [0.1, 0.15) is 20.8 Å². The average Bonchev–Trinajstić information content (AvgIpc) is 2.60. The van der Waals surface area contributed by atoms with E-state index in [1.807, 2.05) is 32.9 Å². The molecule has 0 unspecified atom stereocenters.